The molecule has 0 bridgehead atoms. The van der Waals surface area contributed by atoms with Gasteiger partial charge in [0.2, 0.25) is 0 Å². The van der Waals surface area contributed by atoms with E-state index >= 15 is 0 Å². The van der Waals surface area contributed by atoms with Gasteiger partial charge in [0.05, 0.1) is 18.8 Å². The maximum Gasteiger partial charge on any atom is 0.172 e. The van der Waals surface area contributed by atoms with Crippen molar-refractivity contribution < 1.29 is 9.94 Å². The van der Waals surface area contributed by atoms with E-state index in [0.29, 0.717) is 23.2 Å². The van der Waals surface area contributed by atoms with Gasteiger partial charge in [-0.3, -0.25) is 0 Å². The lowest BCUT2D eigenvalue weighted by atomic mass is 9.89. The van der Waals surface area contributed by atoms with Crippen LogP contribution in [0.1, 0.15) is 31.2 Å². The zero-order chi connectivity index (χ0) is 14.8. The van der Waals surface area contributed by atoms with Crippen LogP contribution in [-0.2, 0) is 4.74 Å². The minimum Gasteiger partial charge on any atom is -0.409 e. The van der Waals surface area contributed by atoms with Crippen molar-refractivity contribution in [2.45, 2.75) is 37.8 Å². The number of nitrogens with two attached hydrogens (primary N) is 1. The Hall–Kier alpha value is -1.46. The standard InChI is InChI=1S/C15H20ClN3O2/c16-10-5-6-11(15(17)18-20)13(9-10)19-7-8-21-14-4-2-1-3-12(14)19/h5-6,9,12,14,20H,1-4,7-8H2,(H2,17,18). The van der Waals surface area contributed by atoms with Crippen molar-refractivity contribution in [1.82, 2.24) is 0 Å². The molecule has 2 fully saturated rings. The molecule has 1 saturated carbocycles. The second kappa shape index (κ2) is 6.12. The molecule has 2 unspecified atom stereocenters. The third kappa shape index (κ3) is 2.80. The van der Waals surface area contributed by atoms with Gasteiger partial charge in [0, 0.05) is 22.8 Å². The molecule has 1 saturated heterocycles. The van der Waals surface area contributed by atoms with Crippen molar-refractivity contribution in [2.24, 2.45) is 10.9 Å². The number of ether oxygens (including phenoxy) is 1. The molecule has 2 atom stereocenters. The van der Waals surface area contributed by atoms with Crippen molar-refractivity contribution in [2.75, 3.05) is 18.1 Å². The number of oxime groups is 1. The molecule has 3 N–H and O–H groups in total. The normalized spacial score (nSPS) is 26.5. The predicted molar refractivity (Wildman–Crippen MR) is 83.3 cm³/mol. The fourth-order valence-corrected chi connectivity index (χ4v) is 3.57. The predicted octanol–water partition coefficient (Wildman–Crippen LogP) is 2.58. The number of morpholine rings is 1. The molecular formula is C15H20ClN3O2. The van der Waals surface area contributed by atoms with Crippen molar-refractivity contribution in [3.05, 3.63) is 28.8 Å². The number of benzene rings is 1. The summed E-state index contributed by atoms with van der Waals surface area (Å²) >= 11 is 6.16. The Morgan fingerprint density at radius 1 is 1.38 bits per heavy atom. The third-order valence-electron chi connectivity index (χ3n) is 4.39. The number of halogens is 1. The second-order valence-corrected chi connectivity index (χ2v) is 6.04. The van der Waals surface area contributed by atoms with Crippen LogP contribution in [0.15, 0.2) is 23.4 Å². The van der Waals surface area contributed by atoms with Gasteiger partial charge in [0.15, 0.2) is 5.84 Å². The Balaban J connectivity index is 1.99. The van der Waals surface area contributed by atoms with Crippen LogP contribution >= 0.6 is 11.6 Å². The first-order valence-corrected chi connectivity index (χ1v) is 7.74. The molecule has 21 heavy (non-hydrogen) atoms. The summed E-state index contributed by atoms with van der Waals surface area (Å²) in [7, 11) is 0. The van der Waals surface area contributed by atoms with E-state index in [2.05, 4.69) is 10.1 Å². The van der Waals surface area contributed by atoms with Gasteiger partial charge in [-0.15, -0.1) is 0 Å². The summed E-state index contributed by atoms with van der Waals surface area (Å²) in [6.07, 6.45) is 4.90. The van der Waals surface area contributed by atoms with Crippen molar-refractivity contribution in [3.8, 4) is 0 Å². The van der Waals surface area contributed by atoms with Gasteiger partial charge in [-0.25, -0.2) is 0 Å². The molecule has 1 heterocycles. The number of rotatable bonds is 2. The van der Waals surface area contributed by atoms with Crippen molar-refractivity contribution in [1.29, 1.82) is 0 Å². The van der Waals surface area contributed by atoms with E-state index in [9.17, 15) is 0 Å². The smallest absolute Gasteiger partial charge is 0.172 e. The van der Waals surface area contributed by atoms with Gasteiger partial charge in [0.1, 0.15) is 0 Å². The Morgan fingerprint density at radius 2 is 2.19 bits per heavy atom. The lowest BCUT2D eigenvalue weighted by Crippen LogP contribution is -2.53. The van der Waals surface area contributed by atoms with Crippen molar-refractivity contribution in [3.63, 3.8) is 0 Å². The highest BCUT2D eigenvalue weighted by Crippen LogP contribution is 2.34. The third-order valence-corrected chi connectivity index (χ3v) is 4.62. The summed E-state index contributed by atoms with van der Waals surface area (Å²) in [6, 6.07) is 5.81. The number of amidine groups is 1. The van der Waals surface area contributed by atoms with Gasteiger partial charge in [0.25, 0.3) is 0 Å². The first-order chi connectivity index (χ1) is 10.2. The summed E-state index contributed by atoms with van der Waals surface area (Å²) < 4.78 is 5.90. The van der Waals surface area contributed by atoms with Gasteiger partial charge >= 0.3 is 0 Å². The highest BCUT2D eigenvalue weighted by Gasteiger charge is 2.35. The molecule has 1 aromatic rings. The van der Waals surface area contributed by atoms with E-state index in [1.807, 2.05) is 6.07 Å². The largest absolute Gasteiger partial charge is 0.409 e. The van der Waals surface area contributed by atoms with E-state index in [1.165, 1.54) is 12.8 Å². The molecular weight excluding hydrogens is 290 g/mol. The Kier molecular flexibility index (Phi) is 4.22. The van der Waals surface area contributed by atoms with Crippen LogP contribution in [0.25, 0.3) is 0 Å². The van der Waals surface area contributed by atoms with E-state index in [1.54, 1.807) is 12.1 Å². The molecule has 1 aliphatic heterocycles. The molecule has 1 aromatic carbocycles. The monoisotopic (exact) mass is 309 g/mol. The molecule has 1 aliphatic carbocycles. The quantitative estimate of drug-likeness (QED) is 0.381. The molecule has 0 spiro atoms. The number of anilines is 1. The average molecular weight is 310 g/mol. The molecule has 3 rings (SSSR count). The number of hydrogen-bond donors (Lipinski definition) is 2. The Labute approximate surface area is 129 Å². The van der Waals surface area contributed by atoms with Crippen LogP contribution < -0.4 is 10.6 Å². The highest BCUT2D eigenvalue weighted by molar-refractivity contribution is 6.31. The van der Waals surface area contributed by atoms with Crippen LogP contribution in [0.3, 0.4) is 0 Å². The molecule has 6 heteroatoms. The van der Waals surface area contributed by atoms with Crippen LogP contribution in [0.4, 0.5) is 5.69 Å². The molecule has 2 aliphatic rings. The number of fused-ring (bicyclic) bond motifs is 1. The summed E-state index contributed by atoms with van der Waals surface area (Å²) in [5.41, 5.74) is 7.46. The van der Waals surface area contributed by atoms with E-state index in [-0.39, 0.29) is 11.9 Å². The first kappa shape index (κ1) is 14.5. The second-order valence-electron chi connectivity index (χ2n) is 5.60. The average Bonchev–Trinajstić information content (AvgIpc) is 2.53. The molecule has 114 valence electrons. The van der Waals surface area contributed by atoms with E-state index < -0.39 is 0 Å². The maximum absolute atomic E-state index is 9.00. The molecule has 0 amide bonds. The summed E-state index contributed by atoms with van der Waals surface area (Å²) in [5.74, 6) is 0.112. The summed E-state index contributed by atoms with van der Waals surface area (Å²) in [5, 5.41) is 12.8. The Morgan fingerprint density at radius 3 is 3.00 bits per heavy atom. The number of nitrogens with zero attached hydrogens (tertiary/aromatic N) is 2. The van der Waals surface area contributed by atoms with E-state index in [4.69, 9.17) is 27.3 Å². The fraction of sp³-hybridized carbons (Fsp3) is 0.533. The summed E-state index contributed by atoms with van der Waals surface area (Å²) in [4.78, 5) is 2.31. The first-order valence-electron chi connectivity index (χ1n) is 7.36. The number of hydrogen-bond acceptors (Lipinski definition) is 4. The lowest BCUT2D eigenvalue weighted by molar-refractivity contribution is -0.00868. The van der Waals surface area contributed by atoms with Gasteiger partial charge in [-0.05, 0) is 31.0 Å². The molecule has 0 radical (unpaired) electrons. The van der Waals surface area contributed by atoms with E-state index in [0.717, 1.165) is 25.1 Å². The maximum atomic E-state index is 9.00. The highest BCUT2D eigenvalue weighted by atomic mass is 35.5. The van der Waals surface area contributed by atoms with Gasteiger partial charge in [-0.1, -0.05) is 29.6 Å². The van der Waals surface area contributed by atoms with Crippen LogP contribution in [0.5, 0.6) is 0 Å². The topological polar surface area (TPSA) is 71.1 Å². The summed E-state index contributed by atoms with van der Waals surface area (Å²) in [6.45, 7) is 1.50. The molecule has 5 nitrogen and oxygen atoms in total. The molecule has 0 aromatic heterocycles. The van der Waals surface area contributed by atoms with Gasteiger partial charge < -0.3 is 20.6 Å². The van der Waals surface area contributed by atoms with Crippen LogP contribution in [-0.4, -0.2) is 36.3 Å². The minimum atomic E-state index is 0.112. The fourth-order valence-electron chi connectivity index (χ4n) is 3.41. The van der Waals surface area contributed by atoms with Crippen LogP contribution in [0.2, 0.25) is 5.02 Å². The van der Waals surface area contributed by atoms with Gasteiger partial charge in [-0.2, -0.15) is 0 Å². The zero-order valence-corrected chi connectivity index (χ0v) is 12.6. The Bertz CT molecular complexity index is 548. The zero-order valence-electron chi connectivity index (χ0n) is 11.8. The van der Waals surface area contributed by atoms with Crippen molar-refractivity contribution >= 4 is 23.1 Å². The SMILES string of the molecule is NC(=NO)c1ccc(Cl)cc1N1CCOC2CCCCC21. The lowest BCUT2D eigenvalue weighted by Gasteiger charge is -2.45. The van der Waals surface area contributed by atoms with Crippen LogP contribution in [0, 0.1) is 0 Å². The minimum absolute atomic E-state index is 0.112.